The average molecular weight is 721 g/mol. The lowest BCUT2D eigenvalue weighted by atomic mass is 9.70. The Balaban J connectivity index is 0.913. The molecule has 51 heavy (non-hydrogen) atoms. The normalized spacial score (nSPS) is 19.8. The van der Waals surface area contributed by atoms with Crippen molar-refractivity contribution in [3.05, 3.63) is 82.1 Å². The number of likely N-dealkylation sites (N-methyl/N-ethyl adjacent to an activating group) is 1. The van der Waals surface area contributed by atoms with Crippen LogP contribution in [0.4, 0.5) is 0 Å². The Morgan fingerprint density at radius 3 is 2.59 bits per heavy atom. The van der Waals surface area contributed by atoms with E-state index in [0.29, 0.717) is 36.0 Å². The zero-order chi connectivity index (χ0) is 35.3. The molecule has 0 bridgehead atoms. The number of ether oxygens (including phenoxy) is 6. The number of sulfone groups is 1. The predicted octanol–water partition coefficient (Wildman–Crippen LogP) is 2.31. The molecule has 266 valence electrons. The van der Waals surface area contributed by atoms with Crippen molar-refractivity contribution in [3.63, 3.8) is 0 Å². The highest BCUT2D eigenvalue weighted by molar-refractivity contribution is 7.91. The van der Waals surface area contributed by atoms with Gasteiger partial charge in [-0.25, -0.2) is 8.42 Å². The minimum absolute atomic E-state index is 0.0665. The summed E-state index contributed by atoms with van der Waals surface area (Å²) in [6.07, 6.45) is -0.474. The van der Waals surface area contributed by atoms with Crippen LogP contribution in [0.3, 0.4) is 0 Å². The van der Waals surface area contributed by atoms with Gasteiger partial charge in [-0.3, -0.25) is 19.1 Å². The van der Waals surface area contributed by atoms with Gasteiger partial charge in [-0.2, -0.15) is 0 Å². The van der Waals surface area contributed by atoms with Gasteiger partial charge in [0, 0.05) is 36.9 Å². The van der Waals surface area contributed by atoms with Gasteiger partial charge >= 0.3 is 16.9 Å². The first-order valence-electron chi connectivity index (χ1n) is 16.2. The van der Waals surface area contributed by atoms with E-state index in [9.17, 15) is 23.2 Å². The minimum Gasteiger partial charge on any atom is -0.461 e. The van der Waals surface area contributed by atoms with E-state index in [1.807, 2.05) is 31.3 Å². The molecule has 3 atom stereocenters. The molecule has 1 aromatic heterocycles. The predicted molar refractivity (Wildman–Crippen MR) is 171 cm³/mol. The van der Waals surface area contributed by atoms with Gasteiger partial charge in [-0.05, 0) is 59.0 Å². The summed E-state index contributed by atoms with van der Waals surface area (Å²) in [7, 11) is -2.27. The van der Waals surface area contributed by atoms with E-state index in [-0.39, 0.29) is 61.3 Å². The molecule has 1 amide bonds. The number of nitrogens with one attached hydrogen (secondary N) is 1. The number of esters is 1. The standard InChI is InChI=1S/C34H32N4O12S/c1-37-16-23-21(7-8-24-32(23)48-18-45-24)30-27(14-19-13-25-26(47-17-46-25)15-22(19)31(30)37)49-29(40)10-9-28(39)35-11-12-44-33-34(38(41)50-36-33)51(42,43)20-5-3-2-4-6-20/h2-8,13,15,27,30-31H,9-12,14,16-18H2,1H3,(H,35,39)/t27-,30-,31+/m0/s1. The van der Waals surface area contributed by atoms with Gasteiger partial charge in [0.05, 0.1) is 23.0 Å². The summed E-state index contributed by atoms with van der Waals surface area (Å²) in [5.74, 6) is 0.924. The highest BCUT2D eigenvalue weighted by Gasteiger charge is 2.47. The van der Waals surface area contributed by atoms with Crippen molar-refractivity contribution < 1.29 is 56.0 Å². The van der Waals surface area contributed by atoms with Crippen molar-refractivity contribution in [1.29, 1.82) is 0 Å². The van der Waals surface area contributed by atoms with Crippen LogP contribution in [0.15, 0.2) is 69.1 Å². The maximum atomic E-state index is 13.3. The number of amides is 1. The molecule has 17 heteroatoms. The van der Waals surface area contributed by atoms with Crippen LogP contribution in [-0.2, 0) is 37.1 Å². The highest BCUT2D eigenvalue weighted by atomic mass is 32.2. The molecule has 3 aliphatic heterocycles. The fraction of sp³-hybridized carbons (Fsp3) is 0.353. The van der Waals surface area contributed by atoms with Gasteiger partial charge in [0.15, 0.2) is 23.0 Å². The Kier molecular flexibility index (Phi) is 8.30. The second-order valence-electron chi connectivity index (χ2n) is 12.4. The largest absolute Gasteiger partial charge is 0.461 e. The van der Waals surface area contributed by atoms with Gasteiger partial charge < -0.3 is 38.9 Å². The van der Waals surface area contributed by atoms with Gasteiger partial charge in [-0.1, -0.05) is 24.3 Å². The third kappa shape index (κ3) is 5.91. The molecule has 0 saturated heterocycles. The van der Waals surface area contributed by atoms with Gasteiger partial charge in [0.2, 0.25) is 19.5 Å². The van der Waals surface area contributed by atoms with E-state index in [2.05, 4.69) is 20.0 Å². The summed E-state index contributed by atoms with van der Waals surface area (Å²) in [6, 6.07) is 15.0. The molecule has 0 saturated carbocycles. The van der Waals surface area contributed by atoms with Crippen molar-refractivity contribution in [2.24, 2.45) is 0 Å². The minimum atomic E-state index is -4.29. The summed E-state index contributed by atoms with van der Waals surface area (Å²) in [5, 5.41) is 17.3. The SMILES string of the molecule is CN1Cc2c(ccc3c2OCO3)[C@H]2[C@@H](OC(=O)CCC(=O)NCCOc3no[n+]([O-])c3S(=O)(=O)c3ccccc3)Cc3cc4c(cc3[C@H]21)OCO4. The first-order chi connectivity index (χ1) is 24.7. The van der Waals surface area contributed by atoms with Crippen LogP contribution >= 0.6 is 0 Å². The molecule has 0 radical (unpaired) electrons. The molecule has 1 aliphatic carbocycles. The Hall–Kier alpha value is -5.55. The number of rotatable bonds is 10. The average Bonchev–Trinajstić information content (AvgIpc) is 3.88. The molecule has 16 nitrogen and oxygen atoms in total. The molecule has 3 aromatic carbocycles. The van der Waals surface area contributed by atoms with E-state index < -0.39 is 38.7 Å². The number of aromatic nitrogens is 2. The Bertz CT molecular complexity index is 2120. The maximum absolute atomic E-state index is 13.3. The van der Waals surface area contributed by atoms with Gasteiger partial charge in [-0.15, -0.1) is 0 Å². The first kappa shape index (κ1) is 32.6. The third-order valence-electron chi connectivity index (χ3n) is 9.39. The van der Waals surface area contributed by atoms with E-state index in [1.54, 1.807) is 6.07 Å². The lowest BCUT2D eigenvalue weighted by Gasteiger charge is -2.47. The van der Waals surface area contributed by atoms with E-state index in [4.69, 9.17) is 28.4 Å². The van der Waals surface area contributed by atoms with Crippen LogP contribution in [0.2, 0.25) is 0 Å². The summed E-state index contributed by atoms with van der Waals surface area (Å²) in [5.41, 5.74) is 4.06. The number of hydrogen-bond acceptors (Lipinski definition) is 14. The summed E-state index contributed by atoms with van der Waals surface area (Å²) in [6.45, 7) is 0.579. The zero-order valence-electron chi connectivity index (χ0n) is 27.2. The zero-order valence-corrected chi connectivity index (χ0v) is 28.1. The van der Waals surface area contributed by atoms with E-state index in [1.165, 1.54) is 24.3 Å². The monoisotopic (exact) mass is 720 g/mol. The Morgan fingerprint density at radius 2 is 1.76 bits per heavy atom. The van der Waals surface area contributed by atoms with Gasteiger partial charge in [0.1, 0.15) is 12.7 Å². The Labute approximate surface area is 291 Å². The highest BCUT2D eigenvalue weighted by Crippen LogP contribution is 2.54. The number of nitrogens with zero attached hydrogens (tertiary/aromatic N) is 3. The fourth-order valence-corrected chi connectivity index (χ4v) is 8.46. The lowest BCUT2D eigenvalue weighted by Crippen LogP contribution is -2.45. The molecule has 0 spiro atoms. The van der Waals surface area contributed by atoms with Crippen molar-refractivity contribution in [3.8, 4) is 28.9 Å². The topological polar surface area (TPSA) is 192 Å². The smallest absolute Gasteiger partial charge is 0.415 e. The lowest BCUT2D eigenvalue weighted by molar-refractivity contribution is -0.832. The molecule has 0 unspecified atom stereocenters. The second kappa shape index (κ2) is 13.0. The number of fused-ring (bicyclic) bond motifs is 8. The quantitative estimate of drug-likeness (QED) is 0.143. The molecule has 8 rings (SSSR count). The number of benzene rings is 3. The summed E-state index contributed by atoms with van der Waals surface area (Å²) in [4.78, 5) is 27.8. The first-order valence-corrected chi connectivity index (χ1v) is 17.7. The maximum Gasteiger partial charge on any atom is 0.415 e. The number of carbonyl (C=O) groups is 2. The van der Waals surface area contributed by atoms with Crippen molar-refractivity contribution >= 4 is 21.7 Å². The number of hydrogen-bond donors (Lipinski definition) is 1. The molecule has 1 N–H and O–H groups in total. The third-order valence-corrected chi connectivity index (χ3v) is 11.1. The van der Waals surface area contributed by atoms with Gasteiger partial charge in [0.25, 0.3) is 9.84 Å². The van der Waals surface area contributed by atoms with Crippen molar-refractivity contribution in [2.45, 2.75) is 53.8 Å². The van der Waals surface area contributed by atoms with Crippen LogP contribution in [0, 0.1) is 5.21 Å². The molecule has 4 heterocycles. The van der Waals surface area contributed by atoms with E-state index in [0.717, 1.165) is 22.3 Å². The Morgan fingerprint density at radius 1 is 1.00 bits per heavy atom. The van der Waals surface area contributed by atoms with Crippen LogP contribution in [0.5, 0.6) is 28.9 Å². The number of carbonyl (C=O) groups excluding carboxylic acids is 2. The van der Waals surface area contributed by atoms with Crippen LogP contribution in [0.1, 0.15) is 47.1 Å². The molecule has 0 fully saturated rings. The fourth-order valence-electron chi connectivity index (χ4n) is 7.17. The van der Waals surface area contributed by atoms with Crippen molar-refractivity contribution in [1.82, 2.24) is 15.4 Å². The van der Waals surface area contributed by atoms with Crippen molar-refractivity contribution in [2.75, 3.05) is 33.8 Å². The van der Waals surface area contributed by atoms with E-state index >= 15 is 0 Å². The van der Waals surface area contributed by atoms with Crippen LogP contribution < -0.4 is 33.9 Å². The molecular weight excluding hydrogens is 688 g/mol. The molecular formula is C34H32N4O12S. The molecule has 4 aliphatic rings. The summed E-state index contributed by atoms with van der Waals surface area (Å²) < 4.78 is 64.7. The summed E-state index contributed by atoms with van der Waals surface area (Å²) >= 11 is 0. The molecule has 4 aromatic rings. The van der Waals surface area contributed by atoms with Crippen LogP contribution in [-0.4, -0.2) is 70.2 Å². The van der Waals surface area contributed by atoms with Crippen LogP contribution in [0.25, 0.3) is 0 Å². The second-order valence-corrected chi connectivity index (χ2v) is 14.3.